The van der Waals surface area contributed by atoms with E-state index in [2.05, 4.69) is 50.9 Å². The van der Waals surface area contributed by atoms with Crippen LogP contribution in [0.25, 0.3) is 0 Å². The monoisotopic (exact) mass is 426 g/mol. The highest BCUT2D eigenvalue weighted by molar-refractivity contribution is 14.1. The molecule has 1 heterocycles. The highest BCUT2D eigenvalue weighted by Gasteiger charge is 2.14. The molecule has 0 saturated carbocycles. The topological polar surface area (TPSA) is 73.1 Å². The van der Waals surface area contributed by atoms with Gasteiger partial charge in [-0.3, -0.25) is 0 Å². The number of benzene rings is 1. The molecule has 0 unspecified atom stereocenters. The number of nitrogens with zero attached hydrogens (tertiary/aromatic N) is 2. The van der Waals surface area contributed by atoms with Gasteiger partial charge in [0.15, 0.2) is 0 Å². The van der Waals surface area contributed by atoms with E-state index in [-0.39, 0.29) is 0 Å². The third-order valence-electron chi connectivity index (χ3n) is 3.66. The Labute approximate surface area is 151 Å². The smallest absolute Gasteiger partial charge is 0.222 e. The Kier molecular flexibility index (Phi) is 6.44. The quantitative estimate of drug-likeness (QED) is 0.521. The lowest BCUT2D eigenvalue weighted by Crippen LogP contribution is -2.11. The number of aromatic nitrogens is 2. The number of methoxy groups -OCH3 is 1. The van der Waals surface area contributed by atoms with E-state index in [1.165, 1.54) is 3.57 Å². The number of aryl methyl sites for hydroxylation is 1. The van der Waals surface area contributed by atoms with Gasteiger partial charge in [0, 0.05) is 27.8 Å². The minimum absolute atomic E-state index is 0.305. The molecule has 6 heteroatoms. The van der Waals surface area contributed by atoms with Crippen LogP contribution < -0.4 is 15.8 Å². The first-order chi connectivity index (χ1) is 11.0. The number of hydrogen-bond acceptors (Lipinski definition) is 5. The van der Waals surface area contributed by atoms with E-state index in [0.717, 1.165) is 47.8 Å². The normalized spacial score (nSPS) is 10.6. The van der Waals surface area contributed by atoms with E-state index in [9.17, 15) is 0 Å². The summed E-state index contributed by atoms with van der Waals surface area (Å²) in [6, 6.07) is 6.16. The van der Waals surface area contributed by atoms with Crippen LogP contribution in [0, 0.1) is 10.5 Å². The molecular weight excluding hydrogens is 403 g/mol. The lowest BCUT2D eigenvalue weighted by molar-refractivity contribution is 0.410. The largest absolute Gasteiger partial charge is 0.496 e. The summed E-state index contributed by atoms with van der Waals surface area (Å²) in [7, 11) is 1.69. The third-order valence-corrected chi connectivity index (χ3v) is 4.33. The summed E-state index contributed by atoms with van der Waals surface area (Å²) in [6.45, 7) is 5.01. The molecular formula is C17H23IN4O. The summed E-state index contributed by atoms with van der Waals surface area (Å²) < 4.78 is 6.66. The molecule has 0 aliphatic rings. The van der Waals surface area contributed by atoms with Crippen LogP contribution in [0.3, 0.4) is 0 Å². The second-order valence-corrected chi connectivity index (χ2v) is 6.65. The maximum Gasteiger partial charge on any atom is 0.222 e. The van der Waals surface area contributed by atoms with E-state index in [0.29, 0.717) is 12.4 Å². The van der Waals surface area contributed by atoms with Crippen LogP contribution in [-0.2, 0) is 6.42 Å². The molecule has 0 aliphatic carbocycles. The molecule has 0 aliphatic heterocycles. The maximum absolute atomic E-state index is 5.82. The molecule has 5 nitrogen and oxygen atoms in total. The third kappa shape index (κ3) is 4.70. The first-order valence-electron chi connectivity index (χ1n) is 7.74. The van der Waals surface area contributed by atoms with E-state index >= 15 is 0 Å². The molecule has 0 amide bonds. The van der Waals surface area contributed by atoms with E-state index < -0.39 is 0 Å². The second kappa shape index (κ2) is 8.33. The number of ether oxygens (including phenoxy) is 1. The number of nitrogens with two attached hydrogens (primary N) is 1. The van der Waals surface area contributed by atoms with Crippen LogP contribution in [0.15, 0.2) is 18.2 Å². The fraction of sp³-hybridized carbons (Fsp3) is 0.412. The number of rotatable bonds is 7. The van der Waals surface area contributed by atoms with Crippen molar-refractivity contribution in [1.82, 2.24) is 9.97 Å². The number of nitrogens with one attached hydrogen (secondary N) is 1. The zero-order valence-electron chi connectivity index (χ0n) is 13.8. The van der Waals surface area contributed by atoms with Crippen molar-refractivity contribution in [2.24, 2.45) is 0 Å². The Balaban J connectivity index is 2.36. The van der Waals surface area contributed by atoms with Gasteiger partial charge >= 0.3 is 0 Å². The average Bonchev–Trinajstić information content (AvgIpc) is 2.51. The van der Waals surface area contributed by atoms with Gasteiger partial charge in [-0.15, -0.1) is 0 Å². The minimum atomic E-state index is 0.305. The van der Waals surface area contributed by atoms with Gasteiger partial charge in [-0.25, -0.2) is 4.98 Å². The molecule has 0 radical (unpaired) electrons. The molecule has 0 fully saturated rings. The van der Waals surface area contributed by atoms with Gasteiger partial charge in [0.25, 0.3) is 0 Å². The number of anilines is 2. The Morgan fingerprint density at radius 3 is 2.78 bits per heavy atom. The van der Waals surface area contributed by atoms with Crippen LogP contribution >= 0.6 is 22.6 Å². The fourth-order valence-corrected chi connectivity index (χ4v) is 2.99. The van der Waals surface area contributed by atoms with Crippen molar-refractivity contribution >= 4 is 34.4 Å². The van der Waals surface area contributed by atoms with E-state index in [1.807, 2.05) is 19.1 Å². The molecule has 1 aromatic carbocycles. The highest BCUT2D eigenvalue weighted by Crippen LogP contribution is 2.27. The highest BCUT2D eigenvalue weighted by atomic mass is 127. The van der Waals surface area contributed by atoms with Crippen LogP contribution in [0.4, 0.5) is 11.8 Å². The molecule has 1 aromatic heterocycles. The molecule has 2 aromatic rings. The zero-order chi connectivity index (χ0) is 16.8. The van der Waals surface area contributed by atoms with Crippen LogP contribution in [0.2, 0.25) is 0 Å². The lowest BCUT2D eigenvalue weighted by atomic mass is 10.0. The number of nitrogen functional groups attached to an aromatic ring is 1. The van der Waals surface area contributed by atoms with Crippen molar-refractivity contribution in [3.8, 4) is 5.75 Å². The van der Waals surface area contributed by atoms with Crippen LogP contribution in [0.1, 0.15) is 36.6 Å². The Bertz CT molecular complexity index is 676. The first kappa shape index (κ1) is 17.8. The number of halogens is 1. The van der Waals surface area contributed by atoms with Gasteiger partial charge in [-0.05, 0) is 59.7 Å². The predicted octanol–water partition coefficient (Wildman–Crippen LogP) is 3.78. The van der Waals surface area contributed by atoms with Gasteiger partial charge in [0.05, 0.1) is 7.11 Å². The van der Waals surface area contributed by atoms with Crippen molar-refractivity contribution in [2.45, 2.75) is 33.1 Å². The summed E-state index contributed by atoms with van der Waals surface area (Å²) in [4.78, 5) is 8.71. The molecule has 0 atom stereocenters. The summed E-state index contributed by atoms with van der Waals surface area (Å²) in [5.74, 6) is 2.00. The Hall–Kier alpha value is -1.57. The van der Waals surface area contributed by atoms with Gasteiger partial charge in [-0.1, -0.05) is 13.3 Å². The molecule has 2 rings (SSSR count). The summed E-state index contributed by atoms with van der Waals surface area (Å²) in [5, 5.41) is 3.39. The molecule has 0 spiro atoms. The van der Waals surface area contributed by atoms with Crippen LogP contribution in [-0.4, -0.2) is 23.6 Å². The molecule has 0 bridgehead atoms. The SMILES string of the molecule is CCCCNc1nc(N)nc(C)c1Cc1cc(I)ccc1OC. The first-order valence-corrected chi connectivity index (χ1v) is 8.82. The summed E-state index contributed by atoms with van der Waals surface area (Å²) in [5.41, 5.74) is 8.90. The molecule has 0 saturated heterocycles. The molecule has 3 N–H and O–H groups in total. The van der Waals surface area contributed by atoms with Gasteiger partial charge < -0.3 is 15.8 Å². The van der Waals surface area contributed by atoms with Gasteiger partial charge in [0.2, 0.25) is 5.95 Å². The van der Waals surface area contributed by atoms with Crippen molar-refractivity contribution < 1.29 is 4.74 Å². The minimum Gasteiger partial charge on any atom is -0.496 e. The average molecular weight is 426 g/mol. The molecule has 23 heavy (non-hydrogen) atoms. The maximum atomic E-state index is 5.82. The van der Waals surface area contributed by atoms with Crippen molar-refractivity contribution in [3.63, 3.8) is 0 Å². The van der Waals surface area contributed by atoms with Crippen LogP contribution in [0.5, 0.6) is 5.75 Å². The molecule has 124 valence electrons. The summed E-state index contributed by atoms with van der Waals surface area (Å²) >= 11 is 2.31. The lowest BCUT2D eigenvalue weighted by Gasteiger charge is -2.15. The van der Waals surface area contributed by atoms with Gasteiger partial charge in [0.1, 0.15) is 11.6 Å². The Morgan fingerprint density at radius 1 is 1.30 bits per heavy atom. The van der Waals surface area contributed by atoms with E-state index in [4.69, 9.17) is 10.5 Å². The standard InChI is InChI=1S/C17H23IN4O/c1-4-5-8-20-16-14(11(2)21-17(19)22-16)10-12-9-13(18)6-7-15(12)23-3/h6-7,9H,4-5,8,10H2,1-3H3,(H3,19,20,21,22). The Morgan fingerprint density at radius 2 is 2.09 bits per heavy atom. The number of unbranched alkanes of at least 4 members (excludes halogenated alkanes) is 1. The zero-order valence-corrected chi connectivity index (χ0v) is 16.0. The predicted molar refractivity (Wildman–Crippen MR) is 103 cm³/mol. The van der Waals surface area contributed by atoms with Crippen molar-refractivity contribution in [1.29, 1.82) is 0 Å². The van der Waals surface area contributed by atoms with Crippen molar-refractivity contribution in [3.05, 3.63) is 38.6 Å². The van der Waals surface area contributed by atoms with Crippen molar-refractivity contribution in [2.75, 3.05) is 24.7 Å². The van der Waals surface area contributed by atoms with E-state index in [1.54, 1.807) is 7.11 Å². The fourth-order valence-electron chi connectivity index (χ4n) is 2.43. The second-order valence-electron chi connectivity index (χ2n) is 5.41. The number of hydrogen-bond donors (Lipinski definition) is 2. The van der Waals surface area contributed by atoms with Gasteiger partial charge in [-0.2, -0.15) is 4.98 Å². The summed E-state index contributed by atoms with van der Waals surface area (Å²) in [6.07, 6.45) is 2.93.